The van der Waals surface area contributed by atoms with E-state index in [0.717, 1.165) is 55.1 Å². The lowest BCUT2D eigenvalue weighted by atomic mass is 9.71. The number of nitrogens with zero attached hydrogens (tertiary/aromatic N) is 3. The standard InChI is InChI=1S/C31H39ClF3N3O4/c1-29(12-16-37(17-13-29)23-8-9-25(26(32)19-23)27(39)36(2)3)20-21-10-14-38(15-11-21)28(40)30(41,31(33,34)35)22-6-5-7-24(18-22)42-4/h5-9,18-19,21,41H,10-17,20H2,1-4H3/t30-/m1/s1. The second-order valence-corrected chi connectivity index (χ2v) is 12.4. The molecule has 11 heteroatoms. The van der Waals surface area contributed by atoms with Crippen molar-refractivity contribution in [2.45, 2.75) is 50.8 Å². The first-order chi connectivity index (χ1) is 19.7. The average Bonchev–Trinajstić information content (AvgIpc) is 2.96. The fraction of sp³-hybridized carbons (Fsp3) is 0.548. The molecule has 1 atom stereocenters. The number of amides is 2. The van der Waals surface area contributed by atoms with Crippen molar-refractivity contribution in [3.05, 3.63) is 58.6 Å². The second kappa shape index (κ2) is 12.3. The Labute approximate surface area is 250 Å². The van der Waals surface area contributed by atoms with Crippen molar-refractivity contribution in [1.29, 1.82) is 0 Å². The molecule has 2 saturated heterocycles. The number of anilines is 1. The van der Waals surface area contributed by atoms with Gasteiger partial charge in [-0.2, -0.15) is 13.2 Å². The Balaban J connectivity index is 1.35. The molecule has 0 bridgehead atoms. The number of ether oxygens (including phenoxy) is 1. The van der Waals surface area contributed by atoms with Crippen LogP contribution in [0.15, 0.2) is 42.5 Å². The van der Waals surface area contributed by atoms with Crippen LogP contribution in [0.25, 0.3) is 0 Å². The summed E-state index contributed by atoms with van der Waals surface area (Å²) in [5, 5.41) is 11.2. The summed E-state index contributed by atoms with van der Waals surface area (Å²) in [6.07, 6.45) is -1.25. The number of carbonyl (C=O) groups excluding carboxylic acids is 2. The average molecular weight is 610 g/mol. The Hall–Kier alpha value is -2.98. The van der Waals surface area contributed by atoms with Gasteiger partial charge in [-0.3, -0.25) is 9.59 Å². The number of methoxy groups -OCH3 is 1. The molecule has 0 radical (unpaired) electrons. The van der Waals surface area contributed by atoms with E-state index in [4.69, 9.17) is 16.3 Å². The van der Waals surface area contributed by atoms with E-state index in [9.17, 15) is 27.9 Å². The third-order valence-electron chi connectivity index (χ3n) is 8.82. The number of hydrogen-bond donors (Lipinski definition) is 1. The van der Waals surface area contributed by atoms with Gasteiger partial charge in [0, 0.05) is 51.5 Å². The number of carbonyl (C=O) groups is 2. The Kier molecular flexibility index (Phi) is 9.37. The van der Waals surface area contributed by atoms with Gasteiger partial charge in [-0.1, -0.05) is 30.7 Å². The van der Waals surface area contributed by atoms with Gasteiger partial charge in [-0.15, -0.1) is 0 Å². The summed E-state index contributed by atoms with van der Waals surface area (Å²) in [7, 11) is 4.68. The molecule has 2 heterocycles. The number of rotatable bonds is 7. The zero-order valence-corrected chi connectivity index (χ0v) is 25.3. The van der Waals surface area contributed by atoms with Gasteiger partial charge < -0.3 is 24.5 Å². The predicted molar refractivity (Wildman–Crippen MR) is 156 cm³/mol. The molecule has 0 unspecified atom stereocenters. The maximum Gasteiger partial charge on any atom is 0.430 e. The molecule has 2 aromatic carbocycles. The molecule has 4 rings (SSSR count). The third-order valence-corrected chi connectivity index (χ3v) is 9.13. The molecule has 2 aliphatic rings. The molecule has 2 aliphatic heterocycles. The monoisotopic (exact) mass is 609 g/mol. The van der Waals surface area contributed by atoms with Crippen molar-refractivity contribution in [1.82, 2.24) is 9.80 Å². The zero-order chi connectivity index (χ0) is 30.9. The normalized spacial score (nSPS) is 19.3. The van der Waals surface area contributed by atoms with E-state index in [1.54, 1.807) is 20.2 Å². The maximum atomic E-state index is 14.2. The minimum absolute atomic E-state index is 0.0608. The van der Waals surface area contributed by atoms with Crippen LogP contribution in [0.1, 0.15) is 54.9 Å². The van der Waals surface area contributed by atoms with Crippen molar-refractivity contribution in [2.75, 3.05) is 52.3 Å². The highest BCUT2D eigenvalue weighted by Gasteiger charge is 2.62. The highest BCUT2D eigenvalue weighted by Crippen LogP contribution is 2.44. The van der Waals surface area contributed by atoms with Crippen LogP contribution < -0.4 is 9.64 Å². The number of halogens is 4. The van der Waals surface area contributed by atoms with Gasteiger partial charge in [0.05, 0.1) is 17.7 Å². The Morgan fingerprint density at radius 2 is 1.71 bits per heavy atom. The molecule has 230 valence electrons. The topological polar surface area (TPSA) is 73.3 Å². The number of likely N-dealkylation sites (tertiary alicyclic amines) is 1. The first kappa shape index (κ1) is 31.9. The first-order valence-corrected chi connectivity index (χ1v) is 14.6. The van der Waals surface area contributed by atoms with Crippen LogP contribution in [-0.4, -0.2) is 80.3 Å². The summed E-state index contributed by atoms with van der Waals surface area (Å²) in [5.74, 6) is -1.10. The summed E-state index contributed by atoms with van der Waals surface area (Å²) < 4.78 is 47.5. The summed E-state index contributed by atoms with van der Waals surface area (Å²) in [5.41, 5.74) is -2.70. The lowest BCUT2D eigenvalue weighted by Crippen LogP contribution is -2.57. The summed E-state index contributed by atoms with van der Waals surface area (Å²) in [6, 6.07) is 10.5. The fourth-order valence-electron chi connectivity index (χ4n) is 6.15. The van der Waals surface area contributed by atoms with Crippen LogP contribution in [0, 0.1) is 11.3 Å². The van der Waals surface area contributed by atoms with Crippen LogP contribution in [0.4, 0.5) is 18.9 Å². The minimum Gasteiger partial charge on any atom is -0.497 e. The van der Waals surface area contributed by atoms with Crippen molar-refractivity contribution in [3.63, 3.8) is 0 Å². The van der Waals surface area contributed by atoms with E-state index in [0.29, 0.717) is 23.4 Å². The van der Waals surface area contributed by atoms with E-state index in [1.807, 2.05) is 12.1 Å². The van der Waals surface area contributed by atoms with Crippen LogP contribution in [-0.2, 0) is 10.4 Å². The molecule has 42 heavy (non-hydrogen) atoms. The van der Waals surface area contributed by atoms with Gasteiger partial charge in [0.25, 0.3) is 17.4 Å². The van der Waals surface area contributed by atoms with E-state index in [2.05, 4.69) is 11.8 Å². The predicted octanol–water partition coefficient (Wildman–Crippen LogP) is 5.74. The van der Waals surface area contributed by atoms with E-state index in [1.165, 1.54) is 24.1 Å². The molecule has 7 nitrogen and oxygen atoms in total. The number of piperidine rings is 2. The molecular weight excluding hydrogens is 571 g/mol. The van der Waals surface area contributed by atoms with Gasteiger partial charge in [0.1, 0.15) is 5.75 Å². The molecular formula is C31H39ClF3N3O4. The van der Waals surface area contributed by atoms with Crippen LogP contribution in [0.2, 0.25) is 5.02 Å². The number of benzene rings is 2. The van der Waals surface area contributed by atoms with Crippen LogP contribution in [0.3, 0.4) is 0 Å². The Morgan fingerprint density at radius 3 is 2.26 bits per heavy atom. The SMILES string of the molecule is COc1cccc([C@@](O)(C(=O)N2CCC(CC3(C)CCN(c4ccc(C(=O)N(C)C)c(Cl)c4)CC3)CC2)C(F)(F)F)c1. The molecule has 0 saturated carbocycles. The minimum atomic E-state index is -5.19. The van der Waals surface area contributed by atoms with Crippen LogP contribution in [0.5, 0.6) is 5.75 Å². The maximum absolute atomic E-state index is 14.2. The van der Waals surface area contributed by atoms with E-state index in [-0.39, 0.29) is 36.1 Å². The van der Waals surface area contributed by atoms with E-state index < -0.39 is 23.2 Å². The molecule has 0 aromatic heterocycles. The number of alkyl halides is 3. The van der Waals surface area contributed by atoms with Crippen molar-refractivity contribution in [3.8, 4) is 5.75 Å². The second-order valence-electron chi connectivity index (χ2n) is 12.0. The number of aliphatic hydroxyl groups is 1. The first-order valence-electron chi connectivity index (χ1n) is 14.2. The highest BCUT2D eigenvalue weighted by atomic mass is 35.5. The van der Waals surface area contributed by atoms with E-state index >= 15 is 0 Å². The summed E-state index contributed by atoms with van der Waals surface area (Å²) >= 11 is 6.42. The molecule has 2 amide bonds. The van der Waals surface area contributed by atoms with Crippen molar-refractivity contribution < 1.29 is 32.6 Å². The zero-order valence-electron chi connectivity index (χ0n) is 24.5. The Bertz CT molecular complexity index is 1290. The van der Waals surface area contributed by atoms with Gasteiger partial charge >= 0.3 is 6.18 Å². The molecule has 2 fully saturated rings. The lowest BCUT2D eigenvalue weighted by molar-refractivity contribution is -0.262. The van der Waals surface area contributed by atoms with Crippen molar-refractivity contribution >= 4 is 29.1 Å². The van der Waals surface area contributed by atoms with Gasteiger partial charge in [0.2, 0.25) is 0 Å². The third kappa shape index (κ3) is 6.49. The largest absolute Gasteiger partial charge is 0.497 e. The molecule has 2 aromatic rings. The number of hydrogen-bond acceptors (Lipinski definition) is 5. The highest BCUT2D eigenvalue weighted by molar-refractivity contribution is 6.34. The molecule has 1 N–H and O–H groups in total. The van der Waals surface area contributed by atoms with Gasteiger partial charge in [-0.05, 0) is 73.8 Å². The quantitative estimate of drug-likeness (QED) is 0.434. The van der Waals surface area contributed by atoms with Gasteiger partial charge in [-0.25, -0.2) is 0 Å². The Morgan fingerprint density at radius 1 is 1.07 bits per heavy atom. The summed E-state index contributed by atoms with van der Waals surface area (Å²) in [6.45, 7) is 4.21. The molecule has 0 spiro atoms. The lowest BCUT2D eigenvalue weighted by Gasteiger charge is -2.44. The molecule has 0 aliphatic carbocycles. The van der Waals surface area contributed by atoms with Gasteiger partial charge in [0.15, 0.2) is 0 Å². The summed E-state index contributed by atoms with van der Waals surface area (Å²) in [4.78, 5) is 30.4. The smallest absolute Gasteiger partial charge is 0.430 e. The van der Waals surface area contributed by atoms with Crippen LogP contribution >= 0.6 is 11.6 Å². The van der Waals surface area contributed by atoms with Crippen molar-refractivity contribution in [2.24, 2.45) is 11.3 Å². The fourth-order valence-corrected chi connectivity index (χ4v) is 6.40.